The Balaban J connectivity index is 1.85. The zero-order valence-corrected chi connectivity index (χ0v) is 16.2. The van der Waals surface area contributed by atoms with Crippen molar-refractivity contribution in [3.63, 3.8) is 0 Å². The fourth-order valence-corrected chi connectivity index (χ4v) is 3.23. The molecule has 0 saturated carbocycles. The Morgan fingerprint density at radius 2 is 1.75 bits per heavy atom. The summed E-state index contributed by atoms with van der Waals surface area (Å²) in [5, 5.41) is 18.9. The molecule has 7 nitrogen and oxygen atoms in total. The Bertz CT molecular complexity index is 1000. The standard InChI is InChI=1S/C20H19ClN4O3/c1-13-20(25(27)28)14(2)24(23-13)12-18(26)22-19(15-6-4-3-5-7-15)16-8-10-17(21)11-9-16/h3-11,19H,12H2,1-2H3,(H,22,26). The molecule has 0 aliphatic heterocycles. The van der Waals surface area contributed by atoms with Crippen molar-refractivity contribution >= 4 is 23.2 Å². The molecule has 0 aliphatic rings. The quantitative estimate of drug-likeness (QED) is 0.502. The third kappa shape index (κ3) is 4.20. The van der Waals surface area contributed by atoms with Gasteiger partial charge in [0.05, 0.1) is 11.0 Å². The normalized spacial score (nSPS) is 11.8. The number of carbonyl (C=O) groups excluding carboxylic acids is 1. The van der Waals surface area contributed by atoms with E-state index in [1.807, 2.05) is 42.5 Å². The van der Waals surface area contributed by atoms with E-state index in [0.717, 1.165) is 11.1 Å². The first-order valence-corrected chi connectivity index (χ1v) is 9.02. The molecule has 3 rings (SSSR count). The summed E-state index contributed by atoms with van der Waals surface area (Å²) in [7, 11) is 0. The monoisotopic (exact) mass is 398 g/mol. The Morgan fingerprint density at radius 1 is 1.14 bits per heavy atom. The highest BCUT2D eigenvalue weighted by molar-refractivity contribution is 6.30. The Morgan fingerprint density at radius 3 is 2.32 bits per heavy atom. The zero-order valence-electron chi connectivity index (χ0n) is 15.4. The number of nitrogens with zero attached hydrogens (tertiary/aromatic N) is 3. The maximum Gasteiger partial charge on any atom is 0.312 e. The van der Waals surface area contributed by atoms with E-state index in [2.05, 4.69) is 10.4 Å². The maximum atomic E-state index is 12.7. The van der Waals surface area contributed by atoms with Crippen LogP contribution in [0.5, 0.6) is 0 Å². The molecular formula is C20H19ClN4O3. The third-order valence-electron chi connectivity index (χ3n) is 4.46. The molecule has 1 amide bonds. The number of rotatable bonds is 6. The van der Waals surface area contributed by atoms with Crippen molar-refractivity contribution < 1.29 is 9.72 Å². The van der Waals surface area contributed by atoms with Crippen LogP contribution >= 0.6 is 11.6 Å². The predicted octanol–water partition coefficient (Wildman–Crippen LogP) is 3.97. The Labute approximate surface area is 167 Å². The van der Waals surface area contributed by atoms with Gasteiger partial charge in [0.1, 0.15) is 17.9 Å². The predicted molar refractivity (Wildman–Crippen MR) is 106 cm³/mol. The SMILES string of the molecule is Cc1nn(CC(=O)NC(c2ccccc2)c2ccc(Cl)cc2)c(C)c1[N+](=O)[O-]. The summed E-state index contributed by atoms with van der Waals surface area (Å²) < 4.78 is 1.35. The molecule has 8 heteroatoms. The van der Waals surface area contributed by atoms with Crippen LogP contribution in [0.25, 0.3) is 0 Å². The molecule has 0 spiro atoms. The number of amides is 1. The zero-order chi connectivity index (χ0) is 20.3. The van der Waals surface area contributed by atoms with Crippen molar-refractivity contribution in [3.05, 3.63) is 92.2 Å². The minimum atomic E-state index is -0.480. The highest BCUT2D eigenvalue weighted by Crippen LogP contribution is 2.24. The van der Waals surface area contributed by atoms with E-state index in [9.17, 15) is 14.9 Å². The van der Waals surface area contributed by atoms with Gasteiger partial charge in [0.25, 0.3) is 0 Å². The summed E-state index contributed by atoms with van der Waals surface area (Å²) in [5.74, 6) is -0.302. The van der Waals surface area contributed by atoms with Gasteiger partial charge in [-0.25, -0.2) is 0 Å². The third-order valence-corrected chi connectivity index (χ3v) is 4.71. The molecule has 1 N–H and O–H groups in total. The number of carbonyl (C=O) groups is 1. The van der Waals surface area contributed by atoms with Crippen LogP contribution in [0.3, 0.4) is 0 Å². The lowest BCUT2D eigenvalue weighted by Gasteiger charge is -2.20. The lowest BCUT2D eigenvalue weighted by molar-refractivity contribution is -0.386. The Hall–Kier alpha value is -3.19. The van der Waals surface area contributed by atoms with Gasteiger partial charge in [-0.05, 0) is 37.1 Å². The summed E-state index contributed by atoms with van der Waals surface area (Å²) in [4.78, 5) is 23.4. The van der Waals surface area contributed by atoms with Crippen molar-refractivity contribution in [2.45, 2.75) is 26.4 Å². The van der Waals surface area contributed by atoms with Crippen LogP contribution in [0.1, 0.15) is 28.6 Å². The molecule has 3 aromatic rings. The van der Waals surface area contributed by atoms with E-state index in [1.54, 1.807) is 26.0 Å². The van der Waals surface area contributed by atoms with Gasteiger partial charge < -0.3 is 5.32 Å². The first kappa shape index (κ1) is 19.6. The fourth-order valence-electron chi connectivity index (χ4n) is 3.11. The topological polar surface area (TPSA) is 90.1 Å². The molecule has 1 aromatic heterocycles. The second kappa shape index (κ2) is 8.22. The largest absolute Gasteiger partial charge is 0.344 e. The molecule has 0 radical (unpaired) electrons. The number of nitro groups is 1. The smallest absolute Gasteiger partial charge is 0.312 e. The molecule has 144 valence electrons. The molecule has 0 aliphatic carbocycles. The molecule has 1 unspecified atom stereocenters. The molecule has 1 heterocycles. The molecule has 2 aromatic carbocycles. The van der Waals surface area contributed by atoms with Gasteiger partial charge in [-0.1, -0.05) is 54.1 Å². The van der Waals surface area contributed by atoms with Crippen LogP contribution in [-0.2, 0) is 11.3 Å². The number of hydrogen-bond donors (Lipinski definition) is 1. The van der Waals surface area contributed by atoms with Gasteiger partial charge in [-0.3, -0.25) is 19.6 Å². The molecule has 0 fully saturated rings. The maximum absolute atomic E-state index is 12.7. The van der Waals surface area contributed by atoms with Crippen molar-refractivity contribution in [1.29, 1.82) is 0 Å². The summed E-state index contributed by atoms with van der Waals surface area (Å²) in [6.45, 7) is 3.02. The van der Waals surface area contributed by atoms with E-state index in [0.29, 0.717) is 10.7 Å². The van der Waals surface area contributed by atoms with Gasteiger partial charge in [0.15, 0.2) is 0 Å². The van der Waals surface area contributed by atoms with Crippen LogP contribution in [-0.4, -0.2) is 20.6 Å². The first-order chi connectivity index (χ1) is 13.4. The summed E-state index contributed by atoms with van der Waals surface area (Å²) >= 11 is 5.98. The van der Waals surface area contributed by atoms with Crippen LogP contribution in [0, 0.1) is 24.0 Å². The van der Waals surface area contributed by atoms with Gasteiger partial charge in [-0.2, -0.15) is 5.10 Å². The minimum absolute atomic E-state index is 0.0647. The van der Waals surface area contributed by atoms with Crippen molar-refractivity contribution in [2.24, 2.45) is 0 Å². The van der Waals surface area contributed by atoms with E-state index in [4.69, 9.17) is 11.6 Å². The number of halogens is 1. The molecular weight excluding hydrogens is 380 g/mol. The number of nitrogens with one attached hydrogen (secondary N) is 1. The lowest BCUT2D eigenvalue weighted by Crippen LogP contribution is -2.32. The van der Waals surface area contributed by atoms with Crippen LogP contribution < -0.4 is 5.32 Å². The van der Waals surface area contributed by atoms with E-state index >= 15 is 0 Å². The van der Waals surface area contributed by atoms with Crippen LogP contribution in [0.2, 0.25) is 5.02 Å². The average molecular weight is 399 g/mol. The second-order valence-electron chi connectivity index (χ2n) is 6.40. The molecule has 28 heavy (non-hydrogen) atoms. The number of aromatic nitrogens is 2. The van der Waals surface area contributed by atoms with E-state index < -0.39 is 4.92 Å². The lowest BCUT2D eigenvalue weighted by atomic mass is 9.98. The van der Waals surface area contributed by atoms with Gasteiger partial charge >= 0.3 is 5.69 Å². The highest BCUT2D eigenvalue weighted by Gasteiger charge is 2.24. The van der Waals surface area contributed by atoms with Gasteiger partial charge in [-0.15, -0.1) is 0 Å². The average Bonchev–Trinajstić information content (AvgIpc) is 2.94. The second-order valence-corrected chi connectivity index (χ2v) is 6.83. The molecule has 0 bridgehead atoms. The van der Waals surface area contributed by atoms with Crippen LogP contribution in [0.4, 0.5) is 5.69 Å². The first-order valence-electron chi connectivity index (χ1n) is 8.65. The Kier molecular flexibility index (Phi) is 5.75. The minimum Gasteiger partial charge on any atom is -0.344 e. The van der Waals surface area contributed by atoms with E-state index in [1.165, 1.54) is 4.68 Å². The number of hydrogen-bond acceptors (Lipinski definition) is 4. The molecule has 1 atom stereocenters. The van der Waals surface area contributed by atoms with Gasteiger partial charge in [0.2, 0.25) is 5.91 Å². The van der Waals surface area contributed by atoms with Gasteiger partial charge in [0, 0.05) is 5.02 Å². The van der Waals surface area contributed by atoms with Crippen LogP contribution in [0.15, 0.2) is 54.6 Å². The summed E-state index contributed by atoms with van der Waals surface area (Å²) in [6.07, 6.45) is 0. The highest BCUT2D eigenvalue weighted by atomic mass is 35.5. The number of benzene rings is 2. The van der Waals surface area contributed by atoms with Crippen molar-refractivity contribution in [1.82, 2.24) is 15.1 Å². The van der Waals surface area contributed by atoms with Crippen molar-refractivity contribution in [2.75, 3.05) is 0 Å². The summed E-state index contributed by atoms with van der Waals surface area (Å²) in [5.41, 5.74) is 2.36. The fraction of sp³-hybridized carbons (Fsp3) is 0.200. The summed E-state index contributed by atoms with van der Waals surface area (Å²) in [6, 6.07) is 16.4. The number of aryl methyl sites for hydroxylation is 1. The molecule has 0 saturated heterocycles. The van der Waals surface area contributed by atoms with Crippen molar-refractivity contribution in [3.8, 4) is 0 Å². The van der Waals surface area contributed by atoms with E-state index in [-0.39, 0.29) is 29.9 Å².